The minimum absolute atomic E-state index is 0.198. The summed E-state index contributed by atoms with van der Waals surface area (Å²) in [5.74, 6) is -0.145. The van der Waals surface area contributed by atoms with Crippen LogP contribution in [-0.2, 0) is 11.3 Å². The molecule has 0 atom stereocenters. The second-order valence-corrected chi connectivity index (χ2v) is 7.77. The SMILES string of the molecule is CC(C)(Cn1cc2c(N)nc3cc(-c4ccn[nH]4)ccc3c2n1)C(=O)NCC(F)F. The lowest BCUT2D eigenvalue weighted by Gasteiger charge is -2.23. The molecule has 0 saturated carbocycles. The van der Waals surface area contributed by atoms with Gasteiger partial charge in [-0.15, -0.1) is 0 Å². The van der Waals surface area contributed by atoms with Crippen molar-refractivity contribution >= 4 is 33.5 Å². The third-order valence-electron chi connectivity index (χ3n) is 4.93. The van der Waals surface area contributed by atoms with Crippen LogP contribution >= 0.6 is 0 Å². The van der Waals surface area contributed by atoms with Gasteiger partial charge in [-0.2, -0.15) is 10.2 Å². The smallest absolute Gasteiger partial charge is 0.255 e. The zero-order valence-corrected chi connectivity index (χ0v) is 16.5. The first-order chi connectivity index (χ1) is 14.2. The Balaban J connectivity index is 1.69. The molecule has 0 radical (unpaired) electrons. The second kappa shape index (κ2) is 7.36. The molecule has 4 aromatic rings. The van der Waals surface area contributed by atoms with E-state index in [0.29, 0.717) is 22.2 Å². The Morgan fingerprint density at radius 3 is 2.80 bits per heavy atom. The molecule has 0 aliphatic rings. The van der Waals surface area contributed by atoms with E-state index in [9.17, 15) is 13.6 Å². The molecule has 4 N–H and O–H groups in total. The maximum atomic E-state index is 12.4. The fourth-order valence-corrected chi connectivity index (χ4v) is 3.37. The largest absolute Gasteiger partial charge is 0.383 e. The summed E-state index contributed by atoms with van der Waals surface area (Å²) in [4.78, 5) is 16.8. The Morgan fingerprint density at radius 1 is 1.30 bits per heavy atom. The molecule has 1 amide bonds. The predicted octanol–water partition coefficient (Wildman–Crippen LogP) is 2.96. The van der Waals surface area contributed by atoms with E-state index >= 15 is 0 Å². The lowest BCUT2D eigenvalue weighted by Crippen LogP contribution is -2.41. The van der Waals surface area contributed by atoms with Crippen LogP contribution in [0.3, 0.4) is 0 Å². The zero-order valence-electron chi connectivity index (χ0n) is 16.5. The molecule has 4 rings (SSSR count). The number of aromatic nitrogens is 5. The molecule has 0 saturated heterocycles. The van der Waals surface area contributed by atoms with Gasteiger partial charge in [-0.05, 0) is 32.0 Å². The van der Waals surface area contributed by atoms with Crippen molar-refractivity contribution in [3.8, 4) is 11.3 Å². The number of pyridine rings is 1. The number of nitrogen functional groups attached to an aromatic ring is 1. The van der Waals surface area contributed by atoms with Crippen molar-refractivity contribution in [2.24, 2.45) is 5.41 Å². The number of halogens is 2. The third kappa shape index (κ3) is 3.68. The highest BCUT2D eigenvalue weighted by atomic mass is 19.3. The van der Waals surface area contributed by atoms with Crippen molar-refractivity contribution in [2.75, 3.05) is 12.3 Å². The molecule has 1 aromatic carbocycles. The molecule has 0 fully saturated rings. The van der Waals surface area contributed by atoms with Crippen LogP contribution in [0, 0.1) is 5.41 Å². The highest BCUT2D eigenvalue weighted by Crippen LogP contribution is 2.30. The van der Waals surface area contributed by atoms with Crippen LogP contribution in [0.5, 0.6) is 0 Å². The molecule has 8 nitrogen and oxygen atoms in total. The monoisotopic (exact) mass is 413 g/mol. The van der Waals surface area contributed by atoms with Gasteiger partial charge in [0.05, 0.1) is 35.1 Å². The first-order valence-corrected chi connectivity index (χ1v) is 9.37. The Bertz CT molecular complexity index is 1220. The number of amides is 1. The van der Waals surface area contributed by atoms with Gasteiger partial charge in [0.25, 0.3) is 6.43 Å². The number of nitrogens with zero attached hydrogens (tertiary/aromatic N) is 4. The molecule has 0 unspecified atom stereocenters. The van der Waals surface area contributed by atoms with Crippen LogP contribution in [0.1, 0.15) is 13.8 Å². The zero-order chi connectivity index (χ0) is 21.5. The number of benzene rings is 1. The van der Waals surface area contributed by atoms with Crippen LogP contribution in [0.25, 0.3) is 33.1 Å². The summed E-state index contributed by atoms with van der Waals surface area (Å²) in [6.07, 6.45) is 0.800. The maximum Gasteiger partial charge on any atom is 0.255 e. The van der Waals surface area contributed by atoms with Crippen LogP contribution < -0.4 is 11.1 Å². The van der Waals surface area contributed by atoms with Crippen molar-refractivity contribution in [2.45, 2.75) is 26.8 Å². The van der Waals surface area contributed by atoms with E-state index in [1.54, 1.807) is 30.9 Å². The van der Waals surface area contributed by atoms with Crippen molar-refractivity contribution in [1.82, 2.24) is 30.3 Å². The molecule has 3 heterocycles. The number of aromatic amines is 1. The van der Waals surface area contributed by atoms with Gasteiger partial charge in [-0.3, -0.25) is 14.6 Å². The standard InChI is InChI=1S/C20H21F2N7O/c1-20(2,19(30)24-8-16(21)22)10-29-9-13-17(28-29)12-4-3-11(14-5-6-25-27-14)7-15(12)26-18(13)23/h3-7,9,16H,8,10H2,1-2H3,(H2,23,26)(H,24,30)(H,25,27). The van der Waals surface area contributed by atoms with E-state index in [-0.39, 0.29) is 6.54 Å². The molecular weight excluding hydrogens is 392 g/mol. The lowest BCUT2D eigenvalue weighted by atomic mass is 9.92. The van der Waals surface area contributed by atoms with Crippen LogP contribution in [0.4, 0.5) is 14.6 Å². The summed E-state index contributed by atoms with van der Waals surface area (Å²) in [5.41, 5.74) is 8.35. The van der Waals surface area contributed by atoms with Gasteiger partial charge in [-0.25, -0.2) is 13.8 Å². The van der Waals surface area contributed by atoms with Crippen LogP contribution in [-0.4, -0.2) is 43.8 Å². The van der Waals surface area contributed by atoms with E-state index in [4.69, 9.17) is 5.73 Å². The average Bonchev–Trinajstić information content (AvgIpc) is 3.35. The highest BCUT2D eigenvalue weighted by molar-refractivity contribution is 6.08. The van der Waals surface area contributed by atoms with Crippen molar-refractivity contribution in [3.63, 3.8) is 0 Å². The number of carbonyl (C=O) groups is 1. The van der Waals surface area contributed by atoms with Crippen LogP contribution in [0.2, 0.25) is 0 Å². The number of rotatable bonds is 6. The minimum Gasteiger partial charge on any atom is -0.383 e. The number of nitrogens with two attached hydrogens (primary N) is 1. The molecule has 0 aliphatic carbocycles. The molecule has 10 heteroatoms. The number of nitrogens with one attached hydrogen (secondary N) is 2. The minimum atomic E-state index is -2.60. The lowest BCUT2D eigenvalue weighted by molar-refractivity contribution is -0.130. The maximum absolute atomic E-state index is 12.4. The van der Waals surface area contributed by atoms with Crippen molar-refractivity contribution < 1.29 is 13.6 Å². The first kappa shape index (κ1) is 19.7. The number of H-pyrrole nitrogens is 1. The van der Waals surface area contributed by atoms with E-state index in [0.717, 1.165) is 16.6 Å². The molecule has 0 aliphatic heterocycles. The number of fused-ring (bicyclic) bond motifs is 3. The van der Waals surface area contributed by atoms with Gasteiger partial charge in [-0.1, -0.05) is 6.07 Å². The summed E-state index contributed by atoms with van der Waals surface area (Å²) in [5, 5.41) is 15.2. The molecule has 0 spiro atoms. The third-order valence-corrected chi connectivity index (χ3v) is 4.93. The van der Waals surface area contributed by atoms with Gasteiger partial charge >= 0.3 is 0 Å². The number of carbonyl (C=O) groups excluding carboxylic acids is 1. The summed E-state index contributed by atoms with van der Waals surface area (Å²) in [7, 11) is 0. The van der Waals surface area contributed by atoms with Crippen molar-refractivity contribution in [3.05, 3.63) is 36.7 Å². The molecule has 30 heavy (non-hydrogen) atoms. The fraction of sp³-hybridized carbons (Fsp3) is 0.300. The normalized spacial score (nSPS) is 12.2. The molecule has 156 valence electrons. The van der Waals surface area contributed by atoms with Gasteiger partial charge in [0.15, 0.2) is 0 Å². The Kier molecular flexibility index (Phi) is 4.84. The van der Waals surface area contributed by atoms with Gasteiger partial charge in [0.1, 0.15) is 11.3 Å². The van der Waals surface area contributed by atoms with Crippen LogP contribution in [0.15, 0.2) is 36.7 Å². The summed E-state index contributed by atoms with van der Waals surface area (Å²) < 4.78 is 26.4. The number of hydrogen-bond donors (Lipinski definition) is 3. The molecular formula is C20H21F2N7O. The Labute approximate surface area is 170 Å². The first-order valence-electron chi connectivity index (χ1n) is 9.37. The Morgan fingerprint density at radius 2 is 2.10 bits per heavy atom. The van der Waals surface area contributed by atoms with Gasteiger partial charge in [0.2, 0.25) is 5.91 Å². The van der Waals surface area contributed by atoms with E-state index in [1.807, 2.05) is 24.3 Å². The van der Waals surface area contributed by atoms with Gasteiger partial charge in [0, 0.05) is 23.3 Å². The summed E-state index contributed by atoms with van der Waals surface area (Å²) in [6.45, 7) is 2.88. The predicted molar refractivity (Wildman–Crippen MR) is 110 cm³/mol. The summed E-state index contributed by atoms with van der Waals surface area (Å²) in [6, 6.07) is 7.62. The number of anilines is 1. The summed E-state index contributed by atoms with van der Waals surface area (Å²) >= 11 is 0. The highest BCUT2D eigenvalue weighted by Gasteiger charge is 2.29. The number of alkyl halides is 2. The number of hydrogen-bond acceptors (Lipinski definition) is 5. The Hall–Kier alpha value is -3.56. The van der Waals surface area contributed by atoms with E-state index < -0.39 is 24.3 Å². The molecule has 3 aromatic heterocycles. The topological polar surface area (TPSA) is 115 Å². The quantitative estimate of drug-likeness (QED) is 0.450. The van der Waals surface area contributed by atoms with Crippen molar-refractivity contribution in [1.29, 1.82) is 0 Å². The van der Waals surface area contributed by atoms with Gasteiger partial charge < -0.3 is 11.1 Å². The fourth-order valence-electron chi connectivity index (χ4n) is 3.37. The molecule has 0 bridgehead atoms. The van der Waals surface area contributed by atoms with E-state index in [1.165, 1.54) is 0 Å². The average molecular weight is 413 g/mol. The van der Waals surface area contributed by atoms with E-state index in [2.05, 4.69) is 25.6 Å². The second-order valence-electron chi connectivity index (χ2n) is 7.77.